The predicted molar refractivity (Wildman–Crippen MR) is 113 cm³/mol. The molecule has 1 rings (SSSR count). The highest BCUT2D eigenvalue weighted by molar-refractivity contribution is 14.0. The van der Waals surface area contributed by atoms with E-state index >= 15 is 0 Å². The van der Waals surface area contributed by atoms with Crippen LogP contribution in [0.2, 0.25) is 0 Å². The average molecular weight is 438 g/mol. The van der Waals surface area contributed by atoms with Gasteiger partial charge in [-0.15, -0.1) is 24.0 Å². The second-order valence-electron chi connectivity index (χ2n) is 7.49. The zero-order chi connectivity index (χ0) is 16.4. The fourth-order valence-electron chi connectivity index (χ4n) is 3.02. The van der Waals surface area contributed by atoms with Crippen LogP contribution in [0.25, 0.3) is 0 Å². The minimum Gasteiger partial charge on any atom is -0.357 e. The molecule has 0 aromatic heterocycles. The molecule has 5 heteroatoms. The van der Waals surface area contributed by atoms with Crippen LogP contribution in [0.5, 0.6) is 0 Å². The zero-order valence-corrected chi connectivity index (χ0v) is 18.2. The van der Waals surface area contributed by atoms with Crippen LogP contribution >= 0.6 is 24.0 Å². The molecule has 1 saturated heterocycles. The zero-order valence-electron chi connectivity index (χ0n) is 15.9. The Balaban J connectivity index is 0.00000484. The molecule has 4 nitrogen and oxygen atoms in total. The Morgan fingerprint density at radius 2 is 1.91 bits per heavy atom. The molecule has 1 fully saturated rings. The van der Waals surface area contributed by atoms with Crippen molar-refractivity contribution in [2.24, 2.45) is 22.7 Å². The van der Waals surface area contributed by atoms with Crippen molar-refractivity contribution in [3.05, 3.63) is 0 Å². The van der Waals surface area contributed by atoms with E-state index in [1.54, 1.807) is 0 Å². The minimum absolute atomic E-state index is 0. The fourth-order valence-corrected chi connectivity index (χ4v) is 3.02. The summed E-state index contributed by atoms with van der Waals surface area (Å²) in [7, 11) is 0. The number of guanidine groups is 1. The molecular weight excluding hydrogens is 399 g/mol. The first-order valence-corrected chi connectivity index (χ1v) is 9.25. The molecular formula is C18H39IN4. The molecule has 138 valence electrons. The van der Waals surface area contributed by atoms with E-state index < -0.39 is 0 Å². The number of piperidine rings is 1. The highest BCUT2D eigenvalue weighted by atomic mass is 127. The van der Waals surface area contributed by atoms with Crippen molar-refractivity contribution in [1.29, 1.82) is 0 Å². The third kappa shape index (κ3) is 11.2. The van der Waals surface area contributed by atoms with E-state index in [1.807, 2.05) is 0 Å². The van der Waals surface area contributed by atoms with Gasteiger partial charge < -0.3 is 15.5 Å². The van der Waals surface area contributed by atoms with Crippen LogP contribution in [0.3, 0.4) is 0 Å². The van der Waals surface area contributed by atoms with Crippen molar-refractivity contribution in [2.75, 3.05) is 39.3 Å². The molecule has 0 radical (unpaired) electrons. The van der Waals surface area contributed by atoms with Crippen molar-refractivity contribution < 1.29 is 0 Å². The predicted octanol–water partition coefficient (Wildman–Crippen LogP) is 3.57. The lowest BCUT2D eigenvalue weighted by molar-refractivity contribution is 0.162. The van der Waals surface area contributed by atoms with E-state index in [4.69, 9.17) is 4.99 Å². The molecule has 0 amide bonds. The Morgan fingerprint density at radius 3 is 2.52 bits per heavy atom. The van der Waals surface area contributed by atoms with Gasteiger partial charge in [0.2, 0.25) is 0 Å². The monoisotopic (exact) mass is 438 g/mol. The van der Waals surface area contributed by atoms with Crippen molar-refractivity contribution in [2.45, 2.75) is 53.9 Å². The molecule has 1 atom stereocenters. The molecule has 1 heterocycles. The second-order valence-corrected chi connectivity index (χ2v) is 7.49. The van der Waals surface area contributed by atoms with Crippen LogP contribution in [0.15, 0.2) is 4.99 Å². The molecule has 0 saturated carbocycles. The molecule has 1 aliphatic heterocycles. The SMILES string of the molecule is CCNC(=NCC1CCCN(CC(C)C)C1)NCCC(C)C.I. The van der Waals surface area contributed by atoms with E-state index in [9.17, 15) is 0 Å². The van der Waals surface area contributed by atoms with Gasteiger partial charge in [0, 0.05) is 32.7 Å². The number of nitrogens with zero attached hydrogens (tertiary/aromatic N) is 2. The normalized spacial score (nSPS) is 19.8. The first-order valence-electron chi connectivity index (χ1n) is 9.25. The second kappa shape index (κ2) is 13.3. The largest absolute Gasteiger partial charge is 0.357 e. The fraction of sp³-hybridized carbons (Fsp3) is 0.944. The van der Waals surface area contributed by atoms with Crippen LogP contribution in [0.1, 0.15) is 53.9 Å². The van der Waals surface area contributed by atoms with E-state index in [0.717, 1.165) is 37.4 Å². The molecule has 0 aromatic carbocycles. The lowest BCUT2D eigenvalue weighted by Gasteiger charge is -2.33. The number of hydrogen-bond donors (Lipinski definition) is 2. The Morgan fingerprint density at radius 1 is 1.17 bits per heavy atom. The minimum atomic E-state index is 0. The van der Waals surface area contributed by atoms with E-state index in [1.165, 1.54) is 38.9 Å². The summed E-state index contributed by atoms with van der Waals surface area (Å²) in [5.41, 5.74) is 0. The molecule has 23 heavy (non-hydrogen) atoms. The summed E-state index contributed by atoms with van der Waals surface area (Å²) in [6.45, 7) is 17.9. The molecule has 0 aliphatic carbocycles. The average Bonchev–Trinajstić information content (AvgIpc) is 2.44. The number of rotatable bonds is 8. The number of aliphatic imine (C=N–C) groups is 1. The third-order valence-electron chi connectivity index (χ3n) is 4.09. The number of halogens is 1. The van der Waals surface area contributed by atoms with Gasteiger partial charge in [0.25, 0.3) is 0 Å². The van der Waals surface area contributed by atoms with Gasteiger partial charge in [0.1, 0.15) is 0 Å². The van der Waals surface area contributed by atoms with Gasteiger partial charge in [0.05, 0.1) is 0 Å². The smallest absolute Gasteiger partial charge is 0.191 e. The van der Waals surface area contributed by atoms with Crippen LogP contribution < -0.4 is 10.6 Å². The number of likely N-dealkylation sites (tertiary alicyclic amines) is 1. The van der Waals surface area contributed by atoms with Gasteiger partial charge in [-0.1, -0.05) is 27.7 Å². The van der Waals surface area contributed by atoms with Crippen LogP contribution in [0, 0.1) is 17.8 Å². The quantitative estimate of drug-likeness (QED) is 0.346. The van der Waals surface area contributed by atoms with Crippen LogP contribution in [-0.2, 0) is 0 Å². The molecule has 0 aromatic rings. The molecule has 1 aliphatic rings. The van der Waals surface area contributed by atoms with Crippen molar-refractivity contribution in [1.82, 2.24) is 15.5 Å². The topological polar surface area (TPSA) is 39.7 Å². The summed E-state index contributed by atoms with van der Waals surface area (Å²) in [5.74, 6) is 3.20. The maximum Gasteiger partial charge on any atom is 0.191 e. The maximum atomic E-state index is 4.82. The molecule has 0 bridgehead atoms. The van der Waals surface area contributed by atoms with Crippen molar-refractivity contribution in [3.8, 4) is 0 Å². The Labute approximate surface area is 161 Å². The standard InChI is InChI=1S/C18H38N4.HI/c1-6-19-18(20-10-9-15(2)3)21-12-17-8-7-11-22(14-17)13-16(4)5;/h15-17H,6-14H2,1-5H3,(H2,19,20,21);1H. The van der Waals surface area contributed by atoms with Gasteiger partial charge in [-0.25, -0.2) is 0 Å². The van der Waals surface area contributed by atoms with Crippen LogP contribution in [-0.4, -0.2) is 50.1 Å². The highest BCUT2D eigenvalue weighted by Gasteiger charge is 2.20. The lowest BCUT2D eigenvalue weighted by atomic mass is 9.97. The first-order chi connectivity index (χ1) is 10.5. The number of nitrogens with one attached hydrogen (secondary N) is 2. The van der Waals surface area contributed by atoms with E-state index in [-0.39, 0.29) is 24.0 Å². The van der Waals surface area contributed by atoms with Crippen molar-refractivity contribution in [3.63, 3.8) is 0 Å². The maximum absolute atomic E-state index is 4.82. The van der Waals surface area contributed by atoms with Gasteiger partial charge in [-0.3, -0.25) is 4.99 Å². The summed E-state index contributed by atoms with van der Waals surface area (Å²) >= 11 is 0. The van der Waals surface area contributed by atoms with E-state index in [0.29, 0.717) is 5.92 Å². The Kier molecular flexibility index (Phi) is 13.3. The van der Waals surface area contributed by atoms with E-state index in [2.05, 4.69) is 50.2 Å². The summed E-state index contributed by atoms with van der Waals surface area (Å²) in [4.78, 5) is 7.43. The van der Waals surface area contributed by atoms with Crippen LogP contribution in [0.4, 0.5) is 0 Å². The summed E-state index contributed by atoms with van der Waals surface area (Å²) < 4.78 is 0. The molecule has 2 N–H and O–H groups in total. The highest BCUT2D eigenvalue weighted by Crippen LogP contribution is 2.17. The third-order valence-corrected chi connectivity index (χ3v) is 4.09. The Bertz CT molecular complexity index is 318. The molecule has 1 unspecified atom stereocenters. The molecule has 0 spiro atoms. The lowest BCUT2D eigenvalue weighted by Crippen LogP contribution is -2.41. The number of hydrogen-bond acceptors (Lipinski definition) is 2. The Hall–Kier alpha value is -0.0400. The van der Waals surface area contributed by atoms with Crippen molar-refractivity contribution >= 4 is 29.9 Å². The van der Waals surface area contributed by atoms with Gasteiger partial charge in [-0.05, 0) is 50.5 Å². The van der Waals surface area contributed by atoms with Gasteiger partial charge >= 0.3 is 0 Å². The summed E-state index contributed by atoms with van der Waals surface area (Å²) in [6.07, 6.45) is 3.84. The first kappa shape index (κ1) is 23.0. The summed E-state index contributed by atoms with van der Waals surface area (Å²) in [5, 5.41) is 6.82. The van der Waals surface area contributed by atoms with Gasteiger partial charge in [0.15, 0.2) is 5.96 Å². The summed E-state index contributed by atoms with van der Waals surface area (Å²) in [6, 6.07) is 0. The van der Waals surface area contributed by atoms with Gasteiger partial charge in [-0.2, -0.15) is 0 Å².